The average Bonchev–Trinajstić information content (AvgIpc) is 3.34. The van der Waals surface area contributed by atoms with Gasteiger partial charge in [0.1, 0.15) is 18.1 Å². The molecule has 1 aromatic heterocycles. The molecule has 0 saturated heterocycles. The topological polar surface area (TPSA) is 78.3 Å². The van der Waals surface area contributed by atoms with Gasteiger partial charge in [-0.25, -0.2) is 0 Å². The molecule has 1 heterocycles. The molecule has 0 bridgehead atoms. The van der Waals surface area contributed by atoms with E-state index in [1.165, 1.54) is 17.3 Å². The molecule has 0 unspecified atom stereocenters. The predicted octanol–water partition coefficient (Wildman–Crippen LogP) is 6.58. The monoisotopic (exact) mass is 536 g/mol. The first kappa shape index (κ1) is 26.6. The summed E-state index contributed by atoms with van der Waals surface area (Å²) in [6.45, 7) is 2.37. The minimum Gasteiger partial charge on any atom is -0.497 e. The van der Waals surface area contributed by atoms with E-state index in [9.17, 15) is 4.79 Å². The van der Waals surface area contributed by atoms with Crippen molar-refractivity contribution < 1.29 is 14.3 Å². The maximum atomic E-state index is 12.7. The van der Waals surface area contributed by atoms with Gasteiger partial charge in [0, 0.05) is 16.4 Å². The summed E-state index contributed by atoms with van der Waals surface area (Å²) in [6.07, 6.45) is 3.36. The van der Waals surface area contributed by atoms with Gasteiger partial charge in [-0.15, -0.1) is 10.2 Å². The molecule has 4 rings (SSSR count). The Balaban J connectivity index is 1.45. The number of amides is 1. The molecule has 0 aliphatic heterocycles. The number of hydrogen-bond acceptors (Lipinski definition) is 6. The summed E-state index contributed by atoms with van der Waals surface area (Å²) in [5.74, 6) is 2.08. The molecule has 0 aliphatic carbocycles. The van der Waals surface area contributed by atoms with Gasteiger partial charge < -0.3 is 14.8 Å². The van der Waals surface area contributed by atoms with E-state index < -0.39 is 0 Å². The Morgan fingerprint density at radius 2 is 1.68 bits per heavy atom. The summed E-state index contributed by atoms with van der Waals surface area (Å²) < 4.78 is 13.1. The Bertz CT molecular complexity index is 1290. The number of rotatable bonds is 12. The van der Waals surface area contributed by atoms with Gasteiger partial charge >= 0.3 is 0 Å². The molecule has 3 aromatic carbocycles. The molecular weight excluding hydrogens is 508 g/mol. The molecule has 9 heteroatoms. The van der Waals surface area contributed by atoms with Gasteiger partial charge in [0.25, 0.3) is 0 Å². The van der Waals surface area contributed by atoms with Crippen LogP contribution in [0.15, 0.2) is 78.0 Å². The zero-order chi connectivity index (χ0) is 26.0. The molecule has 0 radical (unpaired) electrons. The number of methoxy groups -OCH3 is 1. The highest BCUT2D eigenvalue weighted by molar-refractivity contribution is 7.99. The Morgan fingerprint density at radius 1 is 0.973 bits per heavy atom. The van der Waals surface area contributed by atoms with Gasteiger partial charge in [-0.3, -0.25) is 9.36 Å². The SMILES string of the molecule is CCCCc1ccc(NC(=O)CSc2nnc(COc3ccc(Cl)cc3)n2-c2ccc(OC)cc2)cc1. The number of carbonyl (C=O) groups excluding carboxylic acids is 1. The van der Waals surface area contributed by atoms with Crippen LogP contribution in [0.5, 0.6) is 11.5 Å². The summed E-state index contributed by atoms with van der Waals surface area (Å²) in [5.41, 5.74) is 2.89. The van der Waals surface area contributed by atoms with Gasteiger partial charge in [0.05, 0.1) is 12.9 Å². The van der Waals surface area contributed by atoms with Crippen molar-refractivity contribution in [2.45, 2.75) is 37.9 Å². The average molecular weight is 537 g/mol. The second kappa shape index (κ2) is 13.2. The number of ether oxygens (including phenoxy) is 2. The van der Waals surface area contributed by atoms with Gasteiger partial charge in [0.15, 0.2) is 11.0 Å². The number of nitrogens with zero attached hydrogens (tertiary/aromatic N) is 3. The molecule has 37 heavy (non-hydrogen) atoms. The fraction of sp³-hybridized carbons (Fsp3) is 0.250. The van der Waals surface area contributed by atoms with E-state index in [-0.39, 0.29) is 18.3 Å². The zero-order valence-corrected chi connectivity index (χ0v) is 22.4. The second-order valence-corrected chi connectivity index (χ2v) is 9.69. The van der Waals surface area contributed by atoms with Gasteiger partial charge in [-0.05, 0) is 79.1 Å². The quantitative estimate of drug-likeness (QED) is 0.206. The minimum atomic E-state index is -0.116. The number of unbranched alkanes of at least 4 members (excludes halogenated alkanes) is 1. The van der Waals surface area contributed by atoms with Crippen molar-refractivity contribution in [3.63, 3.8) is 0 Å². The van der Waals surface area contributed by atoms with Gasteiger partial charge in [-0.2, -0.15) is 0 Å². The lowest BCUT2D eigenvalue weighted by Crippen LogP contribution is -2.14. The van der Waals surface area contributed by atoms with E-state index >= 15 is 0 Å². The first-order chi connectivity index (χ1) is 18.1. The lowest BCUT2D eigenvalue weighted by atomic mass is 10.1. The van der Waals surface area contributed by atoms with E-state index in [2.05, 4.69) is 34.6 Å². The van der Waals surface area contributed by atoms with Crippen LogP contribution in [0.1, 0.15) is 31.2 Å². The van der Waals surface area contributed by atoms with Crippen LogP contribution in [0.25, 0.3) is 5.69 Å². The first-order valence-corrected chi connectivity index (χ1v) is 13.4. The maximum Gasteiger partial charge on any atom is 0.234 e. The van der Waals surface area contributed by atoms with Crippen molar-refractivity contribution in [2.24, 2.45) is 0 Å². The van der Waals surface area contributed by atoms with Crippen molar-refractivity contribution in [2.75, 3.05) is 18.2 Å². The number of nitrogens with one attached hydrogen (secondary N) is 1. The molecule has 0 fully saturated rings. The summed E-state index contributed by atoms with van der Waals surface area (Å²) >= 11 is 7.28. The Hall–Kier alpha value is -3.49. The lowest BCUT2D eigenvalue weighted by Gasteiger charge is -2.12. The van der Waals surface area contributed by atoms with Crippen LogP contribution in [0.3, 0.4) is 0 Å². The number of aromatic nitrogens is 3. The number of halogens is 1. The third kappa shape index (κ3) is 7.50. The molecule has 7 nitrogen and oxygen atoms in total. The van der Waals surface area contributed by atoms with E-state index in [1.54, 1.807) is 31.4 Å². The molecule has 0 aliphatic rings. The van der Waals surface area contributed by atoms with Crippen LogP contribution in [0.2, 0.25) is 5.02 Å². The van der Waals surface area contributed by atoms with Crippen LogP contribution >= 0.6 is 23.4 Å². The fourth-order valence-electron chi connectivity index (χ4n) is 3.62. The molecule has 4 aromatic rings. The largest absolute Gasteiger partial charge is 0.497 e. The molecule has 1 N–H and O–H groups in total. The zero-order valence-electron chi connectivity index (χ0n) is 20.8. The number of carbonyl (C=O) groups is 1. The van der Waals surface area contributed by atoms with Gasteiger partial charge in [0.2, 0.25) is 5.91 Å². The number of anilines is 1. The Labute approximate surface area is 226 Å². The van der Waals surface area contributed by atoms with Crippen LogP contribution in [-0.4, -0.2) is 33.5 Å². The number of hydrogen-bond donors (Lipinski definition) is 1. The van der Waals surface area contributed by atoms with E-state index in [4.69, 9.17) is 21.1 Å². The number of benzene rings is 3. The van der Waals surface area contributed by atoms with Gasteiger partial charge in [-0.1, -0.05) is 48.8 Å². The fourth-order valence-corrected chi connectivity index (χ4v) is 4.52. The number of thioether (sulfide) groups is 1. The molecule has 1 amide bonds. The number of aryl methyl sites for hydroxylation is 1. The van der Waals surface area contributed by atoms with Crippen molar-refractivity contribution >= 4 is 35.0 Å². The molecule has 0 saturated carbocycles. The highest BCUT2D eigenvalue weighted by atomic mass is 35.5. The third-order valence-corrected chi connectivity index (χ3v) is 6.78. The Kier molecular flexibility index (Phi) is 9.46. The highest BCUT2D eigenvalue weighted by Crippen LogP contribution is 2.25. The summed E-state index contributed by atoms with van der Waals surface area (Å²) in [4.78, 5) is 12.7. The second-order valence-electron chi connectivity index (χ2n) is 8.31. The summed E-state index contributed by atoms with van der Waals surface area (Å²) in [6, 6.07) is 22.7. The van der Waals surface area contributed by atoms with Crippen LogP contribution in [0.4, 0.5) is 5.69 Å². The van der Waals surface area contributed by atoms with E-state index in [0.29, 0.717) is 21.8 Å². The normalized spacial score (nSPS) is 10.8. The predicted molar refractivity (Wildman–Crippen MR) is 148 cm³/mol. The van der Waals surface area contributed by atoms with Crippen LogP contribution in [-0.2, 0) is 17.8 Å². The van der Waals surface area contributed by atoms with Crippen molar-refractivity contribution in [1.82, 2.24) is 14.8 Å². The molecule has 0 atom stereocenters. The summed E-state index contributed by atoms with van der Waals surface area (Å²) in [5, 5.41) is 12.9. The van der Waals surface area contributed by atoms with E-state index in [0.717, 1.165) is 36.4 Å². The summed E-state index contributed by atoms with van der Waals surface area (Å²) in [7, 11) is 1.62. The third-order valence-electron chi connectivity index (χ3n) is 5.60. The standard InChI is InChI=1S/C28H29ClN4O3S/c1-3-4-5-20-6-10-22(11-7-20)30-27(34)19-37-28-32-31-26(18-36-25-14-8-21(29)9-15-25)33(28)23-12-16-24(35-2)17-13-23/h6-17H,3-5,18-19H2,1-2H3,(H,30,34). The Morgan fingerprint density at radius 3 is 2.35 bits per heavy atom. The van der Waals surface area contributed by atoms with Crippen LogP contribution in [0, 0.1) is 0 Å². The molecular formula is C28H29ClN4O3S. The van der Waals surface area contributed by atoms with Crippen LogP contribution < -0.4 is 14.8 Å². The van der Waals surface area contributed by atoms with Crippen molar-refractivity contribution in [3.8, 4) is 17.2 Å². The first-order valence-electron chi connectivity index (χ1n) is 12.0. The van der Waals surface area contributed by atoms with Crippen molar-refractivity contribution in [1.29, 1.82) is 0 Å². The minimum absolute atomic E-state index is 0.116. The molecule has 192 valence electrons. The highest BCUT2D eigenvalue weighted by Gasteiger charge is 2.17. The van der Waals surface area contributed by atoms with Crippen molar-refractivity contribution in [3.05, 3.63) is 89.2 Å². The lowest BCUT2D eigenvalue weighted by molar-refractivity contribution is -0.113. The smallest absolute Gasteiger partial charge is 0.234 e. The van der Waals surface area contributed by atoms with E-state index in [1.807, 2.05) is 41.0 Å². The maximum absolute atomic E-state index is 12.7. The molecule has 0 spiro atoms.